The highest BCUT2D eigenvalue weighted by Crippen LogP contribution is 2.40. The van der Waals surface area contributed by atoms with Crippen molar-refractivity contribution in [3.05, 3.63) is 59.5 Å². The molecule has 1 aliphatic carbocycles. The van der Waals surface area contributed by atoms with E-state index in [2.05, 4.69) is 21.9 Å². The van der Waals surface area contributed by atoms with Gasteiger partial charge >= 0.3 is 0 Å². The normalized spacial score (nSPS) is 14.7. The van der Waals surface area contributed by atoms with Crippen LogP contribution in [0.1, 0.15) is 47.6 Å². The van der Waals surface area contributed by atoms with Crippen molar-refractivity contribution in [1.82, 2.24) is 14.3 Å². The molecule has 6 nitrogen and oxygen atoms in total. The maximum Gasteiger partial charge on any atom is 0.258 e. The molecule has 0 aliphatic heterocycles. The van der Waals surface area contributed by atoms with E-state index in [0.717, 1.165) is 28.6 Å². The molecular formula is C22H26N4O2. The third-order valence-corrected chi connectivity index (χ3v) is 5.61. The fourth-order valence-electron chi connectivity index (χ4n) is 3.82. The monoisotopic (exact) mass is 378 g/mol. The van der Waals surface area contributed by atoms with Gasteiger partial charge in [0.25, 0.3) is 5.91 Å². The van der Waals surface area contributed by atoms with Crippen molar-refractivity contribution in [2.75, 3.05) is 12.4 Å². The quantitative estimate of drug-likeness (QED) is 0.686. The first-order chi connectivity index (χ1) is 13.5. The molecule has 146 valence electrons. The van der Waals surface area contributed by atoms with E-state index in [1.807, 2.05) is 54.9 Å². The number of carbonyl (C=O) groups is 1. The summed E-state index contributed by atoms with van der Waals surface area (Å²) >= 11 is 0. The Labute approximate surface area is 165 Å². The Hall–Kier alpha value is -3.02. The number of aromatic nitrogens is 3. The van der Waals surface area contributed by atoms with Gasteiger partial charge in [-0.05, 0) is 69.9 Å². The van der Waals surface area contributed by atoms with E-state index in [0.29, 0.717) is 17.5 Å². The Morgan fingerprint density at radius 1 is 1.21 bits per heavy atom. The third-order valence-electron chi connectivity index (χ3n) is 5.61. The summed E-state index contributed by atoms with van der Waals surface area (Å²) in [4.78, 5) is 13.0. The molecule has 1 atom stereocenters. The van der Waals surface area contributed by atoms with Crippen molar-refractivity contribution in [2.45, 2.75) is 39.7 Å². The summed E-state index contributed by atoms with van der Waals surface area (Å²) in [7, 11) is 1.65. The van der Waals surface area contributed by atoms with E-state index in [4.69, 9.17) is 4.74 Å². The molecule has 2 aromatic heterocycles. The van der Waals surface area contributed by atoms with Gasteiger partial charge < -0.3 is 14.6 Å². The van der Waals surface area contributed by atoms with Crippen molar-refractivity contribution >= 4 is 11.7 Å². The average Bonchev–Trinajstić information content (AvgIpc) is 3.37. The number of benzene rings is 1. The number of amides is 1. The molecular weight excluding hydrogens is 352 g/mol. The van der Waals surface area contributed by atoms with Crippen molar-refractivity contribution in [2.24, 2.45) is 5.92 Å². The molecule has 0 spiro atoms. The van der Waals surface area contributed by atoms with Gasteiger partial charge in [0.05, 0.1) is 24.9 Å². The molecule has 4 rings (SSSR count). The van der Waals surface area contributed by atoms with Crippen LogP contribution in [-0.2, 0) is 0 Å². The largest absolute Gasteiger partial charge is 0.497 e. The Balaban J connectivity index is 1.60. The zero-order chi connectivity index (χ0) is 19.8. The second kappa shape index (κ2) is 7.19. The number of carbonyl (C=O) groups excluding carboxylic acids is 1. The van der Waals surface area contributed by atoms with Crippen molar-refractivity contribution in [3.8, 4) is 11.4 Å². The van der Waals surface area contributed by atoms with Crippen LogP contribution in [0, 0.1) is 19.8 Å². The maximum atomic E-state index is 13.0. The van der Waals surface area contributed by atoms with E-state index in [1.165, 1.54) is 12.8 Å². The van der Waals surface area contributed by atoms with Crippen LogP contribution >= 0.6 is 0 Å². The number of nitrogens with zero attached hydrogens (tertiary/aromatic N) is 3. The number of hydrogen-bond acceptors (Lipinski definition) is 3. The van der Waals surface area contributed by atoms with Gasteiger partial charge in [0.2, 0.25) is 0 Å². The first kappa shape index (κ1) is 18.3. The lowest BCUT2D eigenvalue weighted by Gasteiger charge is -2.15. The topological polar surface area (TPSA) is 61.1 Å². The van der Waals surface area contributed by atoms with Crippen molar-refractivity contribution in [1.29, 1.82) is 0 Å². The first-order valence-electron chi connectivity index (χ1n) is 9.68. The SMILES string of the molecule is COc1ccc(-n2c(C)cc(C(=O)Nc3ccnn3C(C)C3CC3)c2C)cc1. The third kappa shape index (κ3) is 3.30. The van der Waals surface area contributed by atoms with Gasteiger partial charge in [0.1, 0.15) is 11.6 Å². The highest BCUT2D eigenvalue weighted by Gasteiger charge is 2.31. The summed E-state index contributed by atoms with van der Waals surface area (Å²) < 4.78 is 9.25. The molecule has 1 fully saturated rings. The maximum absolute atomic E-state index is 13.0. The zero-order valence-electron chi connectivity index (χ0n) is 16.8. The molecule has 6 heteroatoms. The minimum atomic E-state index is -0.113. The van der Waals surface area contributed by atoms with Crippen LogP contribution in [0.25, 0.3) is 5.69 Å². The summed E-state index contributed by atoms with van der Waals surface area (Å²) in [6.45, 7) is 6.14. The molecule has 28 heavy (non-hydrogen) atoms. The van der Waals surface area contributed by atoms with Gasteiger partial charge in [-0.1, -0.05) is 0 Å². The number of ether oxygens (including phenoxy) is 1. The molecule has 1 amide bonds. The Bertz CT molecular complexity index is 996. The minimum Gasteiger partial charge on any atom is -0.497 e. The first-order valence-corrected chi connectivity index (χ1v) is 9.68. The molecule has 1 saturated carbocycles. The van der Waals surface area contributed by atoms with E-state index >= 15 is 0 Å². The molecule has 1 aromatic carbocycles. The standard InChI is InChI=1S/C22H26N4O2/c1-14-13-20(16(3)25(14)18-7-9-19(28-4)10-8-18)22(27)24-21-11-12-23-26(21)15(2)17-5-6-17/h7-13,15,17H,5-6H2,1-4H3,(H,24,27). The van der Waals surface area contributed by atoms with Crippen LogP contribution in [0.4, 0.5) is 5.82 Å². The van der Waals surface area contributed by atoms with E-state index in [9.17, 15) is 4.79 Å². The van der Waals surface area contributed by atoms with Crippen molar-refractivity contribution < 1.29 is 9.53 Å². The summed E-state index contributed by atoms with van der Waals surface area (Å²) in [6.07, 6.45) is 4.21. The smallest absolute Gasteiger partial charge is 0.258 e. The average molecular weight is 378 g/mol. The van der Waals surface area contributed by atoms with Crippen LogP contribution in [0.5, 0.6) is 5.75 Å². The van der Waals surface area contributed by atoms with E-state index < -0.39 is 0 Å². The number of rotatable bonds is 6. The zero-order valence-corrected chi connectivity index (χ0v) is 16.8. The van der Waals surface area contributed by atoms with Crippen molar-refractivity contribution in [3.63, 3.8) is 0 Å². The summed E-state index contributed by atoms with van der Waals surface area (Å²) in [5, 5.41) is 7.47. The molecule has 1 aliphatic rings. The van der Waals surface area contributed by atoms with Gasteiger partial charge in [-0.2, -0.15) is 5.10 Å². The van der Waals surface area contributed by atoms with Crippen LogP contribution in [-0.4, -0.2) is 27.4 Å². The fourth-order valence-corrected chi connectivity index (χ4v) is 3.82. The van der Waals surface area contributed by atoms with Gasteiger partial charge in [0.15, 0.2) is 0 Å². The molecule has 0 radical (unpaired) electrons. The lowest BCUT2D eigenvalue weighted by Crippen LogP contribution is -2.19. The summed E-state index contributed by atoms with van der Waals surface area (Å²) in [5.74, 6) is 2.11. The molecule has 3 aromatic rings. The van der Waals surface area contributed by atoms with Gasteiger partial charge in [-0.25, -0.2) is 4.68 Å². The van der Waals surface area contributed by atoms with Crippen LogP contribution in [0.3, 0.4) is 0 Å². The summed E-state index contributed by atoms with van der Waals surface area (Å²) in [6, 6.07) is 11.9. The highest BCUT2D eigenvalue weighted by molar-refractivity contribution is 6.05. The predicted molar refractivity (Wildman–Crippen MR) is 109 cm³/mol. The fraction of sp³-hybridized carbons (Fsp3) is 0.364. The molecule has 2 heterocycles. The minimum absolute atomic E-state index is 0.113. The summed E-state index contributed by atoms with van der Waals surface area (Å²) in [5.41, 5.74) is 3.58. The molecule has 1 unspecified atom stereocenters. The van der Waals surface area contributed by atoms with Crippen LogP contribution in [0.2, 0.25) is 0 Å². The Kier molecular flexibility index (Phi) is 4.71. The Morgan fingerprint density at radius 3 is 2.57 bits per heavy atom. The van der Waals surface area contributed by atoms with E-state index in [-0.39, 0.29) is 5.91 Å². The van der Waals surface area contributed by atoms with Gasteiger partial charge in [-0.3, -0.25) is 4.79 Å². The molecule has 1 N–H and O–H groups in total. The second-order valence-electron chi connectivity index (χ2n) is 7.51. The number of hydrogen-bond donors (Lipinski definition) is 1. The Morgan fingerprint density at radius 2 is 1.93 bits per heavy atom. The van der Waals surface area contributed by atoms with Gasteiger partial charge in [0, 0.05) is 23.1 Å². The lowest BCUT2D eigenvalue weighted by atomic mass is 10.2. The lowest BCUT2D eigenvalue weighted by molar-refractivity contribution is 0.102. The number of anilines is 1. The molecule has 0 bridgehead atoms. The van der Waals surface area contributed by atoms with E-state index in [1.54, 1.807) is 13.3 Å². The predicted octanol–water partition coefficient (Wildman–Crippen LogP) is 4.52. The van der Waals surface area contributed by atoms with Gasteiger partial charge in [-0.15, -0.1) is 0 Å². The second-order valence-corrected chi connectivity index (χ2v) is 7.51. The highest BCUT2D eigenvalue weighted by atomic mass is 16.5. The number of methoxy groups -OCH3 is 1. The van der Waals surface area contributed by atoms with Crippen LogP contribution < -0.4 is 10.1 Å². The number of nitrogens with one attached hydrogen (secondary N) is 1. The van der Waals surface area contributed by atoms with Crippen LogP contribution in [0.15, 0.2) is 42.6 Å². The molecule has 0 saturated heterocycles. The number of aryl methyl sites for hydroxylation is 1.